The molecule has 0 bridgehead atoms. The van der Waals surface area contributed by atoms with Crippen LogP contribution in [0.1, 0.15) is 45.2 Å². The molecular weight excluding hydrogens is 260 g/mol. The predicted octanol–water partition coefficient (Wildman–Crippen LogP) is 3.47. The molecule has 0 saturated carbocycles. The Morgan fingerprint density at radius 3 is 2.62 bits per heavy atom. The molecule has 1 aliphatic heterocycles. The molecule has 1 fully saturated rings. The van der Waals surface area contributed by atoms with E-state index in [1.807, 2.05) is 0 Å². The quantitative estimate of drug-likeness (QED) is 0.832. The molecule has 21 heavy (non-hydrogen) atoms. The number of ether oxygens (including phenoxy) is 1. The first-order chi connectivity index (χ1) is 10.1. The lowest BCUT2D eigenvalue weighted by Gasteiger charge is -2.26. The summed E-state index contributed by atoms with van der Waals surface area (Å²) in [6.45, 7) is 9.64. The number of rotatable bonds is 7. The third kappa shape index (κ3) is 4.45. The highest BCUT2D eigenvalue weighted by Crippen LogP contribution is 2.36. The Balaban J connectivity index is 2.02. The average Bonchev–Trinajstić information content (AvgIpc) is 2.84. The Labute approximate surface area is 129 Å². The van der Waals surface area contributed by atoms with E-state index in [0.717, 1.165) is 25.3 Å². The molecule has 1 N–H and O–H groups in total. The van der Waals surface area contributed by atoms with Crippen LogP contribution in [0.5, 0.6) is 5.75 Å². The summed E-state index contributed by atoms with van der Waals surface area (Å²) in [6.07, 6.45) is 2.32. The summed E-state index contributed by atoms with van der Waals surface area (Å²) in [7, 11) is 2.24. The molecular formula is C18H30N2O. The molecule has 1 saturated heterocycles. The minimum Gasteiger partial charge on any atom is -0.494 e. The molecule has 1 aliphatic rings. The lowest BCUT2D eigenvalue weighted by Crippen LogP contribution is -2.32. The van der Waals surface area contributed by atoms with Crippen molar-refractivity contribution < 1.29 is 4.74 Å². The van der Waals surface area contributed by atoms with Crippen LogP contribution < -0.4 is 10.1 Å². The Morgan fingerprint density at radius 2 is 2.00 bits per heavy atom. The van der Waals surface area contributed by atoms with Crippen LogP contribution in [0, 0.1) is 5.92 Å². The van der Waals surface area contributed by atoms with Crippen molar-refractivity contribution in [3.63, 3.8) is 0 Å². The number of nitrogens with zero attached hydrogens (tertiary/aromatic N) is 1. The van der Waals surface area contributed by atoms with E-state index in [-0.39, 0.29) is 0 Å². The van der Waals surface area contributed by atoms with Crippen molar-refractivity contribution in [2.75, 3.05) is 26.7 Å². The van der Waals surface area contributed by atoms with E-state index < -0.39 is 0 Å². The van der Waals surface area contributed by atoms with Gasteiger partial charge in [0.2, 0.25) is 0 Å². The molecule has 3 nitrogen and oxygen atoms in total. The zero-order chi connectivity index (χ0) is 15.2. The van der Waals surface area contributed by atoms with Gasteiger partial charge in [-0.2, -0.15) is 0 Å². The van der Waals surface area contributed by atoms with Gasteiger partial charge in [-0.25, -0.2) is 0 Å². The highest BCUT2D eigenvalue weighted by molar-refractivity contribution is 5.30. The fraction of sp³-hybridized carbons (Fsp3) is 0.667. The molecule has 0 aliphatic carbocycles. The smallest absolute Gasteiger partial charge is 0.119 e. The summed E-state index contributed by atoms with van der Waals surface area (Å²) in [5.41, 5.74) is 1.41. The van der Waals surface area contributed by atoms with Crippen LogP contribution >= 0.6 is 0 Å². The maximum absolute atomic E-state index is 5.68. The van der Waals surface area contributed by atoms with Crippen LogP contribution in [0.3, 0.4) is 0 Å². The molecule has 0 radical (unpaired) electrons. The van der Waals surface area contributed by atoms with E-state index in [1.165, 1.54) is 18.5 Å². The van der Waals surface area contributed by atoms with Crippen LogP contribution in [0.2, 0.25) is 0 Å². The second kappa shape index (κ2) is 7.81. The normalized spacial score (nSPS) is 22.9. The topological polar surface area (TPSA) is 24.5 Å². The number of nitrogens with one attached hydrogen (secondary N) is 1. The van der Waals surface area contributed by atoms with Gasteiger partial charge in [-0.15, -0.1) is 0 Å². The summed E-state index contributed by atoms with van der Waals surface area (Å²) >= 11 is 0. The summed E-state index contributed by atoms with van der Waals surface area (Å²) in [5, 5.41) is 3.60. The van der Waals surface area contributed by atoms with Gasteiger partial charge >= 0.3 is 0 Å². The first kappa shape index (κ1) is 16.3. The highest BCUT2D eigenvalue weighted by atomic mass is 16.5. The third-order valence-electron chi connectivity index (χ3n) is 4.26. The number of hydrogen-bond acceptors (Lipinski definition) is 3. The van der Waals surface area contributed by atoms with Crippen LogP contribution in [0.4, 0.5) is 0 Å². The van der Waals surface area contributed by atoms with E-state index in [0.29, 0.717) is 18.0 Å². The maximum Gasteiger partial charge on any atom is 0.119 e. The van der Waals surface area contributed by atoms with Gasteiger partial charge in [-0.1, -0.05) is 32.9 Å². The zero-order valence-electron chi connectivity index (χ0n) is 13.9. The molecule has 1 aromatic carbocycles. The fourth-order valence-corrected chi connectivity index (χ4v) is 3.13. The van der Waals surface area contributed by atoms with E-state index in [2.05, 4.69) is 62.3 Å². The molecule has 3 heteroatoms. The molecule has 2 rings (SSSR count). The van der Waals surface area contributed by atoms with Gasteiger partial charge < -0.3 is 10.1 Å². The van der Waals surface area contributed by atoms with Crippen molar-refractivity contribution in [3.05, 3.63) is 29.8 Å². The first-order valence-electron chi connectivity index (χ1n) is 8.28. The summed E-state index contributed by atoms with van der Waals surface area (Å²) < 4.78 is 5.68. The largest absolute Gasteiger partial charge is 0.494 e. The van der Waals surface area contributed by atoms with Crippen molar-refractivity contribution >= 4 is 0 Å². The van der Waals surface area contributed by atoms with Crippen molar-refractivity contribution in [3.8, 4) is 5.75 Å². The molecule has 1 aromatic rings. The third-order valence-corrected chi connectivity index (χ3v) is 4.26. The Morgan fingerprint density at radius 1 is 1.29 bits per heavy atom. The predicted molar refractivity (Wildman–Crippen MR) is 88.8 cm³/mol. The SMILES string of the molecule is CCCOc1ccc(C2C(CNC(C)C)CCN2C)cc1. The van der Waals surface area contributed by atoms with Gasteiger partial charge in [0.1, 0.15) is 5.75 Å². The van der Waals surface area contributed by atoms with E-state index in [9.17, 15) is 0 Å². The van der Waals surface area contributed by atoms with Gasteiger partial charge in [-0.3, -0.25) is 4.90 Å². The monoisotopic (exact) mass is 290 g/mol. The lowest BCUT2D eigenvalue weighted by atomic mass is 9.93. The first-order valence-corrected chi connectivity index (χ1v) is 8.28. The molecule has 1 heterocycles. The maximum atomic E-state index is 5.68. The fourth-order valence-electron chi connectivity index (χ4n) is 3.13. The second-order valence-corrected chi connectivity index (χ2v) is 6.45. The number of benzene rings is 1. The van der Waals surface area contributed by atoms with Crippen molar-refractivity contribution in [1.29, 1.82) is 0 Å². The minimum atomic E-state index is 0.525. The molecule has 118 valence electrons. The molecule has 0 amide bonds. The van der Waals surface area contributed by atoms with Gasteiger partial charge in [0.15, 0.2) is 0 Å². The number of hydrogen-bond donors (Lipinski definition) is 1. The van der Waals surface area contributed by atoms with Crippen LogP contribution in [0.15, 0.2) is 24.3 Å². The van der Waals surface area contributed by atoms with Gasteiger partial charge in [-0.05, 0) is 50.0 Å². The lowest BCUT2D eigenvalue weighted by molar-refractivity contribution is 0.269. The average molecular weight is 290 g/mol. The Kier molecular flexibility index (Phi) is 6.07. The van der Waals surface area contributed by atoms with E-state index in [1.54, 1.807) is 0 Å². The summed E-state index contributed by atoms with van der Waals surface area (Å²) in [4.78, 5) is 2.48. The standard InChI is InChI=1S/C18H30N2O/c1-5-12-21-17-8-6-15(7-9-17)18-16(10-11-20(18)4)13-19-14(2)3/h6-9,14,16,18-19H,5,10-13H2,1-4H3. The summed E-state index contributed by atoms with van der Waals surface area (Å²) in [6, 6.07) is 9.78. The van der Waals surface area contributed by atoms with Crippen LogP contribution in [-0.4, -0.2) is 37.7 Å². The van der Waals surface area contributed by atoms with Crippen molar-refractivity contribution in [2.24, 2.45) is 5.92 Å². The van der Waals surface area contributed by atoms with Gasteiger partial charge in [0, 0.05) is 18.6 Å². The van der Waals surface area contributed by atoms with E-state index in [4.69, 9.17) is 4.74 Å². The molecule has 0 aromatic heterocycles. The zero-order valence-corrected chi connectivity index (χ0v) is 13.9. The van der Waals surface area contributed by atoms with Crippen LogP contribution in [-0.2, 0) is 0 Å². The Bertz CT molecular complexity index is 416. The minimum absolute atomic E-state index is 0.525. The van der Waals surface area contributed by atoms with E-state index >= 15 is 0 Å². The van der Waals surface area contributed by atoms with Crippen molar-refractivity contribution in [2.45, 2.75) is 45.7 Å². The van der Waals surface area contributed by atoms with Gasteiger partial charge in [0.05, 0.1) is 6.61 Å². The molecule has 2 atom stereocenters. The second-order valence-electron chi connectivity index (χ2n) is 6.45. The van der Waals surface area contributed by atoms with Crippen LogP contribution in [0.25, 0.3) is 0 Å². The molecule has 2 unspecified atom stereocenters. The summed E-state index contributed by atoms with van der Waals surface area (Å²) in [5.74, 6) is 1.68. The van der Waals surface area contributed by atoms with Gasteiger partial charge in [0.25, 0.3) is 0 Å². The molecule has 0 spiro atoms. The highest BCUT2D eigenvalue weighted by Gasteiger charge is 2.32. The van der Waals surface area contributed by atoms with Crippen molar-refractivity contribution in [1.82, 2.24) is 10.2 Å². The Hall–Kier alpha value is -1.06. The number of likely N-dealkylation sites (tertiary alicyclic amines) is 1.